The minimum atomic E-state index is 0.417. The van der Waals surface area contributed by atoms with Crippen molar-refractivity contribution in [1.82, 2.24) is 15.1 Å². The molecule has 1 saturated heterocycles. The van der Waals surface area contributed by atoms with E-state index in [1.165, 1.54) is 64.2 Å². The first-order valence-corrected chi connectivity index (χ1v) is 9.59. The summed E-state index contributed by atoms with van der Waals surface area (Å²) in [4.78, 5) is 17.8. The van der Waals surface area contributed by atoms with Gasteiger partial charge in [0.25, 0.3) is 0 Å². The number of hydrogen-bond acceptors (Lipinski definition) is 3. The van der Waals surface area contributed by atoms with E-state index < -0.39 is 0 Å². The van der Waals surface area contributed by atoms with Crippen LogP contribution in [0.15, 0.2) is 0 Å². The molecule has 0 radical (unpaired) electrons. The van der Waals surface area contributed by atoms with E-state index in [0.29, 0.717) is 24.5 Å². The Morgan fingerprint density at radius 1 is 0.864 bits per heavy atom. The molecule has 3 aliphatic rings. The van der Waals surface area contributed by atoms with Crippen LogP contribution in [0.25, 0.3) is 0 Å². The maximum Gasteiger partial charge on any atom is 0.237 e. The monoisotopic (exact) mass is 307 g/mol. The van der Waals surface area contributed by atoms with E-state index in [0.717, 1.165) is 26.2 Å². The summed E-state index contributed by atoms with van der Waals surface area (Å²) in [6.07, 6.45) is 12.9. The molecule has 0 spiro atoms. The van der Waals surface area contributed by atoms with Gasteiger partial charge in [0.1, 0.15) is 0 Å². The molecule has 1 N–H and O–H groups in total. The fraction of sp³-hybridized carbons (Fsp3) is 0.944. The van der Waals surface area contributed by atoms with Crippen molar-refractivity contribution in [3.8, 4) is 0 Å². The van der Waals surface area contributed by atoms with Gasteiger partial charge in [-0.2, -0.15) is 0 Å². The van der Waals surface area contributed by atoms with Crippen LogP contribution >= 0.6 is 0 Å². The Kier molecular flexibility index (Phi) is 6.13. The van der Waals surface area contributed by atoms with Crippen LogP contribution in [-0.4, -0.2) is 60.5 Å². The average molecular weight is 307 g/mol. The highest BCUT2D eigenvalue weighted by atomic mass is 16.2. The molecule has 3 rings (SSSR count). The Morgan fingerprint density at radius 3 is 1.86 bits per heavy atom. The van der Waals surface area contributed by atoms with Crippen molar-refractivity contribution in [2.75, 3.05) is 32.7 Å². The second kappa shape index (κ2) is 8.30. The zero-order valence-electron chi connectivity index (χ0n) is 14.1. The molecule has 1 amide bonds. The van der Waals surface area contributed by atoms with Crippen molar-refractivity contribution in [2.45, 2.75) is 76.3 Å². The molecule has 4 heteroatoms. The highest BCUT2D eigenvalue weighted by Gasteiger charge is 2.33. The summed E-state index contributed by atoms with van der Waals surface area (Å²) in [5, 5.41) is 3.38. The van der Waals surface area contributed by atoms with E-state index in [2.05, 4.69) is 15.1 Å². The van der Waals surface area contributed by atoms with E-state index in [4.69, 9.17) is 0 Å². The van der Waals surface area contributed by atoms with Gasteiger partial charge in [-0.05, 0) is 25.7 Å². The van der Waals surface area contributed by atoms with Gasteiger partial charge in [0.15, 0.2) is 0 Å². The summed E-state index contributed by atoms with van der Waals surface area (Å²) in [5.74, 6) is 0.417. The summed E-state index contributed by atoms with van der Waals surface area (Å²) in [6.45, 7) is 4.75. The number of carbonyl (C=O) groups excluding carboxylic acids is 1. The number of piperazine rings is 1. The molecule has 0 aromatic rings. The molecule has 4 nitrogen and oxygen atoms in total. The van der Waals surface area contributed by atoms with E-state index in [9.17, 15) is 4.79 Å². The molecule has 0 atom stereocenters. The van der Waals surface area contributed by atoms with Crippen LogP contribution in [0.3, 0.4) is 0 Å². The van der Waals surface area contributed by atoms with Crippen LogP contribution in [0.1, 0.15) is 64.2 Å². The van der Waals surface area contributed by atoms with Gasteiger partial charge in [-0.15, -0.1) is 0 Å². The number of hydrogen-bond donors (Lipinski definition) is 1. The Balaban J connectivity index is 1.64. The number of carbonyl (C=O) groups is 1. The highest BCUT2D eigenvalue weighted by molar-refractivity contribution is 5.79. The first-order chi connectivity index (χ1) is 10.8. The molecule has 0 bridgehead atoms. The maximum absolute atomic E-state index is 13.1. The Hall–Kier alpha value is -0.610. The molecule has 0 aromatic heterocycles. The minimum absolute atomic E-state index is 0.417. The van der Waals surface area contributed by atoms with Crippen molar-refractivity contribution in [2.24, 2.45) is 0 Å². The third-order valence-electron chi connectivity index (χ3n) is 5.79. The van der Waals surface area contributed by atoms with Crippen LogP contribution in [0, 0.1) is 0 Å². The van der Waals surface area contributed by atoms with Gasteiger partial charge >= 0.3 is 0 Å². The standard InChI is InChI=1S/C18H33N3O/c22-18(15-20-13-11-19-12-14-20)21(16-7-3-1-4-8-16)17-9-5-2-6-10-17/h16-17,19H,1-15H2. The predicted octanol–water partition coefficient (Wildman–Crippen LogP) is 2.39. The van der Waals surface area contributed by atoms with Crippen LogP contribution in [0.2, 0.25) is 0 Å². The summed E-state index contributed by atoms with van der Waals surface area (Å²) in [7, 11) is 0. The van der Waals surface area contributed by atoms with Crippen LogP contribution in [0.4, 0.5) is 0 Å². The van der Waals surface area contributed by atoms with E-state index in [-0.39, 0.29) is 0 Å². The Bertz CT molecular complexity index is 324. The van der Waals surface area contributed by atoms with Crippen molar-refractivity contribution in [1.29, 1.82) is 0 Å². The van der Waals surface area contributed by atoms with E-state index in [1.54, 1.807) is 0 Å². The van der Waals surface area contributed by atoms with Gasteiger partial charge in [-0.25, -0.2) is 0 Å². The van der Waals surface area contributed by atoms with Crippen molar-refractivity contribution in [3.05, 3.63) is 0 Å². The van der Waals surface area contributed by atoms with Gasteiger partial charge in [0, 0.05) is 38.3 Å². The smallest absolute Gasteiger partial charge is 0.237 e. The van der Waals surface area contributed by atoms with Gasteiger partial charge in [0.2, 0.25) is 5.91 Å². The lowest BCUT2D eigenvalue weighted by molar-refractivity contribution is -0.139. The molecule has 1 heterocycles. The van der Waals surface area contributed by atoms with E-state index >= 15 is 0 Å². The van der Waals surface area contributed by atoms with Gasteiger partial charge in [-0.3, -0.25) is 9.69 Å². The number of rotatable bonds is 4. The van der Waals surface area contributed by atoms with Gasteiger partial charge in [0.05, 0.1) is 6.54 Å². The lowest BCUT2D eigenvalue weighted by Gasteiger charge is -2.43. The second-order valence-electron chi connectivity index (χ2n) is 7.41. The zero-order chi connectivity index (χ0) is 15.2. The topological polar surface area (TPSA) is 35.6 Å². The predicted molar refractivity (Wildman–Crippen MR) is 89.9 cm³/mol. The fourth-order valence-electron chi connectivity index (χ4n) is 4.57. The third-order valence-corrected chi connectivity index (χ3v) is 5.79. The Morgan fingerprint density at radius 2 is 1.36 bits per heavy atom. The number of nitrogens with one attached hydrogen (secondary N) is 1. The van der Waals surface area contributed by atoms with Crippen LogP contribution in [0.5, 0.6) is 0 Å². The summed E-state index contributed by atoms with van der Waals surface area (Å²) in [5.41, 5.74) is 0. The first kappa shape index (κ1) is 16.3. The molecule has 2 aliphatic carbocycles. The number of amides is 1. The highest BCUT2D eigenvalue weighted by Crippen LogP contribution is 2.30. The summed E-state index contributed by atoms with van der Waals surface area (Å²) >= 11 is 0. The van der Waals surface area contributed by atoms with Crippen molar-refractivity contribution in [3.63, 3.8) is 0 Å². The van der Waals surface area contributed by atoms with Crippen LogP contribution in [-0.2, 0) is 4.79 Å². The molecular weight excluding hydrogens is 274 g/mol. The molecule has 1 aliphatic heterocycles. The largest absolute Gasteiger partial charge is 0.336 e. The molecule has 0 unspecified atom stereocenters. The quantitative estimate of drug-likeness (QED) is 0.866. The summed E-state index contributed by atoms with van der Waals surface area (Å²) < 4.78 is 0. The van der Waals surface area contributed by atoms with E-state index in [1.807, 2.05) is 0 Å². The molecule has 22 heavy (non-hydrogen) atoms. The fourth-order valence-corrected chi connectivity index (χ4v) is 4.57. The van der Waals surface area contributed by atoms with Gasteiger partial charge < -0.3 is 10.2 Å². The Labute approximate surface area is 135 Å². The summed E-state index contributed by atoms with van der Waals surface area (Å²) in [6, 6.07) is 1.07. The lowest BCUT2D eigenvalue weighted by Crippen LogP contribution is -2.54. The minimum Gasteiger partial charge on any atom is -0.336 e. The molecule has 2 saturated carbocycles. The van der Waals surface area contributed by atoms with Gasteiger partial charge in [-0.1, -0.05) is 38.5 Å². The molecule has 0 aromatic carbocycles. The zero-order valence-corrected chi connectivity index (χ0v) is 14.1. The molecule has 3 fully saturated rings. The number of nitrogens with zero attached hydrogens (tertiary/aromatic N) is 2. The lowest BCUT2D eigenvalue weighted by atomic mass is 9.88. The average Bonchev–Trinajstić information content (AvgIpc) is 2.58. The molecular formula is C18H33N3O. The normalized spacial score (nSPS) is 26.0. The first-order valence-electron chi connectivity index (χ1n) is 9.59. The van der Waals surface area contributed by atoms with Crippen molar-refractivity contribution < 1.29 is 4.79 Å². The van der Waals surface area contributed by atoms with Crippen LogP contribution < -0.4 is 5.32 Å². The van der Waals surface area contributed by atoms with Crippen molar-refractivity contribution >= 4 is 5.91 Å². The SMILES string of the molecule is O=C(CN1CCNCC1)N(C1CCCCC1)C1CCCCC1. The maximum atomic E-state index is 13.1. The second-order valence-corrected chi connectivity index (χ2v) is 7.41. The third kappa shape index (κ3) is 4.23. The molecule has 126 valence electrons.